The van der Waals surface area contributed by atoms with Crippen molar-refractivity contribution in [3.8, 4) is 0 Å². The Balaban J connectivity index is 1.57. The molecule has 0 atom stereocenters. The van der Waals surface area contributed by atoms with Gasteiger partial charge in [0, 0.05) is 36.7 Å². The molecule has 0 radical (unpaired) electrons. The van der Waals surface area contributed by atoms with Crippen LogP contribution in [0.3, 0.4) is 0 Å². The number of amidine groups is 1. The van der Waals surface area contributed by atoms with Gasteiger partial charge in [0.2, 0.25) is 0 Å². The molecule has 2 aromatic rings. The van der Waals surface area contributed by atoms with Crippen molar-refractivity contribution in [2.45, 2.75) is 13.5 Å². The van der Waals surface area contributed by atoms with Gasteiger partial charge in [0.05, 0.1) is 29.0 Å². The first-order chi connectivity index (χ1) is 15.6. The maximum Gasteiger partial charge on any atom is 0.174 e. The summed E-state index contributed by atoms with van der Waals surface area (Å²) in [6.45, 7) is 6.95. The average molecular weight is 607 g/mol. The van der Waals surface area contributed by atoms with Crippen LogP contribution in [0.5, 0.6) is 0 Å². The highest BCUT2D eigenvalue weighted by molar-refractivity contribution is 14.2. The van der Waals surface area contributed by atoms with Crippen molar-refractivity contribution in [3.05, 3.63) is 94.0 Å². The summed E-state index contributed by atoms with van der Waals surface area (Å²) >= 11 is 3.22. The highest BCUT2D eigenvalue weighted by atomic mass is 127. The van der Waals surface area contributed by atoms with Crippen molar-refractivity contribution < 1.29 is 9.13 Å². The van der Waals surface area contributed by atoms with Crippen LogP contribution in [-0.2, 0) is 11.3 Å². The van der Waals surface area contributed by atoms with Crippen LogP contribution >= 0.6 is 36.9 Å². The van der Waals surface area contributed by atoms with E-state index in [4.69, 9.17) is 9.73 Å². The summed E-state index contributed by atoms with van der Waals surface area (Å²) in [4.78, 5) is 9.05. The fraction of sp³-hybridized carbons (Fsp3) is 0.125. The summed E-state index contributed by atoms with van der Waals surface area (Å²) in [5.74, 6) is 1.47. The van der Waals surface area contributed by atoms with Crippen LogP contribution in [0.15, 0.2) is 81.5 Å². The zero-order valence-corrected chi connectivity index (χ0v) is 21.1. The average Bonchev–Trinajstić information content (AvgIpc) is 3.19. The second kappa shape index (κ2) is 10.4. The molecule has 164 valence electrons. The normalized spacial score (nSPS) is 16.7. The molecule has 1 N–H and O–H groups in total. The lowest BCUT2D eigenvalue weighted by atomic mass is 10.1. The molecule has 2 aliphatic rings. The zero-order chi connectivity index (χ0) is 22.5. The molecule has 2 heterocycles. The molecular weight excluding hydrogens is 586 g/mol. The van der Waals surface area contributed by atoms with Crippen molar-refractivity contribution in [3.63, 3.8) is 0 Å². The third kappa shape index (κ3) is 5.07. The highest BCUT2D eigenvalue weighted by Gasteiger charge is 2.27. The van der Waals surface area contributed by atoms with E-state index < -0.39 is 0 Å². The molecule has 8 heteroatoms. The first kappa shape index (κ1) is 22.6. The molecule has 2 aromatic carbocycles. The summed E-state index contributed by atoms with van der Waals surface area (Å²) in [6.07, 6.45) is 3.33. The second-order valence-electron chi connectivity index (χ2n) is 6.85. The number of ether oxygens (including phenoxy) is 1. The van der Waals surface area contributed by atoms with Crippen LogP contribution in [0.25, 0.3) is 11.4 Å². The number of halogens is 3. The third-order valence-electron chi connectivity index (χ3n) is 4.72. The molecule has 0 saturated carbocycles. The van der Waals surface area contributed by atoms with Gasteiger partial charge in [0.1, 0.15) is 17.5 Å². The molecule has 0 amide bonds. The van der Waals surface area contributed by atoms with Gasteiger partial charge < -0.3 is 10.1 Å². The molecule has 32 heavy (non-hydrogen) atoms. The SMILES string of the molecule is C=C(N=COCC)c1ccc(CN=C2C=C(c3ccccc3F)NC3=C(Br)C=IN23)cc1. The predicted molar refractivity (Wildman–Crippen MR) is 142 cm³/mol. The number of hydrogen-bond acceptors (Lipinski definition) is 4. The first-order valence-electron chi connectivity index (χ1n) is 9.94. The van der Waals surface area contributed by atoms with Gasteiger partial charge in [-0.15, -0.1) is 0 Å². The van der Waals surface area contributed by atoms with E-state index in [0.29, 0.717) is 30.1 Å². The number of fused-ring (bicyclic) bond motifs is 1. The fourth-order valence-electron chi connectivity index (χ4n) is 3.07. The molecule has 0 saturated heterocycles. The van der Waals surface area contributed by atoms with Gasteiger partial charge in [-0.3, -0.25) is 8.11 Å². The van der Waals surface area contributed by atoms with E-state index in [1.165, 1.54) is 12.5 Å². The monoisotopic (exact) mass is 606 g/mol. The lowest BCUT2D eigenvalue weighted by Crippen LogP contribution is -2.33. The smallest absolute Gasteiger partial charge is 0.174 e. The Kier molecular flexibility index (Phi) is 7.31. The van der Waals surface area contributed by atoms with Gasteiger partial charge >= 0.3 is 0 Å². The minimum absolute atomic E-state index is 0.268. The Bertz CT molecular complexity index is 1180. The van der Waals surface area contributed by atoms with Crippen LogP contribution in [0.2, 0.25) is 0 Å². The topological polar surface area (TPSA) is 49.2 Å². The molecule has 0 spiro atoms. The molecule has 4 rings (SSSR count). The van der Waals surface area contributed by atoms with Crippen molar-refractivity contribution in [2.24, 2.45) is 9.98 Å². The van der Waals surface area contributed by atoms with E-state index in [0.717, 1.165) is 27.3 Å². The van der Waals surface area contributed by atoms with E-state index in [1.807, 2.05) is 43.3 Å². The van der Waals surface area contributed by atoms with E-state index in [9.17, 15) is 4.39 Å². The largest absolute Gasteiger partial charge is 0.483 e. The summed E-state index contributed by atoms with van der Waals surface area (Å²) in [5.41, 5.74) is 3.85. The minimum atomic E-state index is -0.385. The number of hydrogen-bond donors (Lipinski definition) is 1. The van der Waals surface area contributed by atoms with Crippen molar-refractivity contribution >= 4 is 64.6 Å². The van der Waals surface area contributed by atoms with Crippen LogP contribution in [0.1, 0.15) is 23.6 Å². The number of nitrogens with one attached hydrogen (secondary N) is 1. The molecular formula is C24H21BrFIN4O. The fourth-order valence-corrected chi connectivity index (χ4v) is 6.25. The lowest BCUT2D eigenvalue weighted by molar-refractivity contribution is 0.344. The molecule has 0 unspecified atom stereocenters. The van der Waals surface area contributed by atoms with Gasteiger partial charge in [-0.05, 0) is 46.1 Å². The summed E-state index contributed by atoms with van der Waals surface area (Å²) in [7, 11) is 0. The standard InChI is InChI=1S/C24H21BrFIN4O/c1-3-32-15-29-16(2)18-10-8-17(9-11-18)14-28-23-12-22(19-6-4-5-7-21(19)26)30-24-20(25)13-27-31(23)24/h4-13,15,30H,2-3,14H2,1H3. The summed E-state index contributed by atoms with van der Waals surface area (Å²) < 4.78 is 24.9. The number of allylic oxidation sites excluding steroid dienone is 1. The van der Waals surface area contributed by atoms with Gasteiger partial charge in [-0.2, -0.15) is 0 Å². The zero-order valence-electron chi connectivity index (χ0n) is 17.4. The third-order valence-corrected chi connectivity index (χ3v) is 8.61. The first-order valence-corrected chi connectivity index (χ1v) is 12.9. The predicted octanol–water partition coefficient (Wildman–Crippen LogP) is 5.97. The molecule has 5 nitrogen and oxygen atoms in total. The molecule has 0 fully saturated rings. The van der Waals surface area contributed by atoms with E-state index in [1.54, 1.807) is 12.1 Å². The van der Waals surface area contributed by atoms with Crippen LogP contribution in [0.4, 0.5) is 4.39 Å². The Labute approximate surface area is 205 Å². The van der Waals surface area contributed by atoms with Crippen molar-refractivity contribution in [1.82, 2.24) is 8.43 Å². The summed E-state index contributed by atoms with van der Waals surface area (Å²) in [6, 6.07) is 14.7. The number of rotatable bonds is 7. The van der Waals surface area contributed by atoms with Crippen LogP contribution in [-0.4, -0.2) is 26.0 Å². The Morgan fingerprint density at radius 2 is 2.03 bits per heavy atom. The molecule has 2 aliphatic heterocycles. The van der Waals surface area contributed by atoms with Gasteiger partial charge in [-0.25, -0.2) is 9.38 Å². The number of benzene rings is 2. The van der Waals surface area contributed by atoms with Crippen LogP contribution < -0.4 is 5.32 Å². The number of aliphatic imine (C=N–C) groups is 2. The van der Waals surface area contributed by atoms with Crippen molar-refractivity contribution in [2.75, 3.05) is 6.61 Å². The quantitative estimate of drug-likeness (QED) is 0.183. The van der Waals surface area contributed by atoms with Gasteiger partial charge in [0.15, 0.2) is 6.40 Å². The Morgan fingerprint density at radius 3 is 2.78 bits per heavy atom. The van der Waals surface area contributed by atoms with Gasteiger partial charge in [-0.1, -0.05) is 43.0 Å². The van der Waals surface area contributed by atoms with E-state index >= 15 is 0 Å². The minimum Gasteiger partial charge on any atom is -0.483 e. The molecule has 0 aromatic heterocycles. The maximum absolute atomic E-state index is 14.4. The molecule has 0 bridgehead atoms. The Hall–Kier alpha value is -2.59. The van der Waals surface area contributed by atoms with Gasteiger partial charge in [0.25, 0.3) is 0 Å². The van der Waals surface area contributed by atoms with Crippen LogP contribution in [0, 0.1) is 5.82 Å². The summed E-state index contributed by atoms with van der Waals surface area (Å²) in [5, 5.41) is 3.35. The number of nitrogens with zero attached hydrogens (tertiary/aromatic N) is 3. The maximum atomic E-state index is 14.4. The molecule has 0 aliphatic carbocycles. The second-order valence-corrected chi connectivity index (χ2v) is 9.85. The van der Waals surface area contributed by atoms with E-state index in [-0.39, 0.29) is 26.8 Å². The highest BCUT2D eigenvalue weighted by Crippen LogP contribution is 2.35. The Morgan fingerprint density at radius 1 is 1.25 bits per heavy atom. The van der Waals surface area contributed by atoms with E-state index in [2.05, 4.69) is 39.9 Å². The lowest BCUT2D eigenvalue weighted by Gasteiger charge is -2.28. The van der Waals surface area contributed by atoms with Crippen molar-refractivity contribution in [1.29, 1.82) is 0 Å².